The Kier molecular flexibility index (Phi) is 4.23. The molecule has 0 bridgehead atoms. The minimum absolute atomic E-state index is 0.265. The number of rotatable bonds is 4. The van der Waals surface area contributed by atoms with E-state index in [0.29, 0.717) is 13.2 Å². The van der Waals surface area contributed by atoms with Crippen LogP contribution in [0.4, 0.5) is 4.79 Å². The van der Waals surface area contributed by atoms with Gasteiger partial charge in [0.25, 0.3) is 0 Å². The Hall–Kier alpha value is -0.810. The van der Waals surface area contributed by atoms with E-state index in [9.17, 15) is 4.79 Å². The predicted octanol–water partition coefficient (Wildman–Crippen LogP) is 1.32. The van der Waals surface area contributed by atoms with Gasteiger partial charge < -0.3 is 19.5 Å². The maximum absolute atomic E-state index is 11.5. The van der Waals surface area contributed by atoms with Crippen LogP contribution in [-0.4, -0.2) is 45.7 Å². The largest absolute Gasteiger partial charge is 0.447 e. The van der Waals surface area contributed by atoms with Gasteiger partial charge in [-0.1, -0.05) is 0 Å². The minimum Gasteiger partial charge on any atom is -0.447 e. The number of carbonyl (C=O) groups is 1. The molecule has 1 spiro atoms. The summed E-state index contributed by atoms with van der Waals surface area (Å²) in [6.45, 7) is 2.38. The molecule has 0 aromatic carbocycles. The van der Waals surface area contributed by atoms with Gasteiger partial charge in [0.05, 0.1) is 6.61 Å². The molecule has 1 aliphatic heterocycles. The second kappa shape index (κ2) is 5.69. The lowest BCUT2D eigenvalue weighted by Gasteiger charge is -2.51. The van der Waals surface area contributed by atoms with Crippen molar-refractivity contribution in [1.82, 2.24) is 5.32 Å². The average molecular weight is 243 g/mol. The van der Waals surface area contributed by atoms with E-state index in [-0.39, 0.29) is 17.6 Å². The highest BCUT2D eigenvalue weighted by molar-refractivity contribution is 5.67. The van der Waals surface area contributed by atoms with Crippen molar-refractivity contribution in [2.75, 3.05) is 33.5 Å². The first-order valence-electron chi connectivity index (χ1n) is 6.27. The van der Waals surface area contributed by atoms with Gasteiger partial charge in [-0.05, 0) is 31.1 Å². The van der Waals surface area contributed by atoms with Crippen molar-refractivity contribution in [1.29, 1.82) is 0 Å². The molecule has 1 atom stereocenters. The van der Waals surface area contributed by atoms with E-state index in [1.54, 1.807) is 7.11 Å². The number of alkyl carbamates (subject to hydrolysis) is 1. The fourth-order valence-electron chi connectivity index (χ4n) is 2.70. The summed E-state index contributed by atoms with van der Waals surface area (Å²) in [4.78, 5) is 11.5. The molecule has 5 nitrogen and oxygen atoms in total. The van der Waals surface area contributed by atoms with Gasteiger partial charge in [-0.15, -0.1) is 0 Å². The van der Waals surface area contributed by atoms with Gasteiger partial charge >= 0.3 is 6.09 Å². The van der Waals surface area contributed by atoms with Gasteiger partial charge in [-0.3, -0.25) is 0 Å². The van der Waals surface area contributed by atoms with E-state index in [1.807, 2.05) is 0 Å². The van der Waals surface area contributed by atoms with Crippen LogP contribution in [0.3, 0.4) is 0 Å². The lowest BCUT2D eigenvalue weighted by atomic mass is 9.60. The van der Waals surface area contributed by atoms with Crippen LogP contribution in [0.1, 0.15) is 25.7 Å². The third-order valence-electron chi connectivity index (χ3n) is 3.97. The van der Waals surface area contributed by atoms with Crippen molar-refractivity contribution < 1.29 is 19.0 Å². The number of ether oxygens (including phenoxy) is 3. The molecule has 1 saturated heterocycles. The smallest absolute Gasteiger partial charge is 0.407 e. The van der Waals surface area contributed by atoms with Crippen LogP contribution >= 0.6 is 0 Å². The van der Waals surface area contributed by atoms with Gasteiger partial charge in [-0.2, -0.15) is 0 Å². The molecule has 0 aromatic heterocycles. The number of nitrogens with one attached hydrogen (secondary N) is 1. The molecule has 1 unspecified atom stereocenters. The molecule has 17 heavy (non-hydrogen) atoms. The van der Waals surface area contributed by atoms with Crippen molar-refractivity contribution in [2.45, 2.75) is 31.7 Å². The number of methoxy groups -OCH3 is 1. The first-order chi connectivity index (χ1) is 8.27. The number of hydrogen-bond acceptors (Lipinski definition) is 4. The Balaban J connectivity index is 1.73. The second-order valence-electron chi connectivity index (χ2n) is 4.84. The molecule has 1 amide bonds. The maximum atomic E-state index is 11.5. The first-order valence-corrected chi connectivity index (χ1v) is 6.27. The monoisotopic (exact) mass is 243 g/mol. The second-order valence-corrected chi connectivity index (χ2v) is 4.84. The zero-order valence-electron chi connectivity index (χ0n) is 10.4. The maximum Gasteiger partial charge on any atom is 0.407 e. The summed E-state index contributed by atoms with van der Waals surface area (Å²) in [6, 6.07) is 0.265. The summed E-state index contributed by atoms with van der Waals surface area (Å²) in [5.41, 5.74) is 0.276. The van der Waals surface area contributed by atoms with Crippen LogP contribution in [0.2, 0.25) is 0 Å². The Labute approximate surface area is 102 Å². The summed E-state index contributed by atoms with van der Waals surface area (Å²) >= 11 is 0. The Bertz CT molecular complexity index is 263. The van der Waals surface area contributed by atoms with Gasteiger partial charge in [0.15, 0.2) is 0 Å². The molecule has 2 fully saturated rings. The summed E-state index contributed by atoms with van der Waals surface area (Å²) in [5, 5.41) is 2.96. The molecule has 1 aliphatic carbocycles. The van der Waals surface area contributed by atoms with E-state index in [2.05, 4.69) is 5.32 Å². The normalized spacial score (nSPS) is 26.3. The summed E-state index contributed by atoms with van der Waals surface area (Å²) in [7, 11) is 1.59. The highest BCUT2D eigenvalue weighted by atomic mass is 16.6. The summed E-state index contributed by atoms with van der Waals surface area (Å²) in [5.74, 6) is 0. The molecule has 5 heteroatoms. The molecule has 1 N–H and O–H groups in total. The number of amides is 1. The van der Waals surface area contributed by atoms with E-state index in [1.165, 1.54) is 6.42 Å². The molecular formula is C12H21NO4. The van der Waals surface area contributed by atoms with Gasteiger partial charge in [0.2, 0.25) is 0 Å². The van der Waals surface area contributed by atoms with Crippen molar-refractivity contribution >= 4 is 6.09 Å². The molecule has 1 heterocycles. The Morgan fingerprint density at radius 3 is 2.71 bits per heavy atom. The van der Waals surface area contributed by atoms with Gasteiger partial charge in [-0.25, -0.2) is 4.79 Å². The van der Waals surface area contributed by atoms with E-state index < -0.39 is 0 Å². The minimum atomic E-state index is -0.322. The summed E-state index contributed by atoms with van der Waals surface area (Å²) < 4.78 is 15.2. The molecule has 1 saturated carbocycles. The molecule has 0 aromatic rings. The topological polar surface area (TPSA) is 56.8 Å². The highest BCUT2D eigenvalue weighted by Gasteiger charge is 2.48. The fraction of sp³-hybridized carbons (Fsp3) is 0.917. The van der Waals surface area contributed by atoms with Crippen LogP contribution < -0.4 is 5.32 Å². The lowest BCUT2D eigenvalue weighted by Crippen LogP contribution is -2.57. The van der Waals surface area contributed by atoms with Crippen LogP contribution in [0.25, 0.3) is 0 Å². The van der Waals surface area contributed by atoms with E-state index in [4.69, 9.17) is 14.2 Å². The zero-order valence-corrected chi connectivity index (χ0v) is 10.4. The van der Waals surface area contributed by atoms with Gasteiger partial charge in [0, 0.05) is 26.4 Å². The molecule has 2 rings (SSSR count). The third-order valence-corrected chi connectivity index (χ3v) is 3.97. The Morgan fingerprint density at radius 2 is 2.12 bits per heavy atom. The van der Waals surface area contributed by atoms with Crippen molar-refractivity contribution in [3.05, 3.63) is 0 Å². The van der Waals surface area contributed by atoms with Crippen molar-refractivity contribution in [2.24, 2.45) is 5.41 Å². The quantitative estimate of drug-likeness (QED) is 0.757. The zero-order chi connectivity index (χ0) is 12.1. The van der Waals surface area contributed by atoms with E-state index >= 15 is 0 Å². The lowest BCUT2D eigenvalue weighted by molar-refractivity contribution is -0.0540. The molecular weight excluding hydrogens is 222 g/mol. The number of hydrogen-bond donors (Lipinski definition) is 1. The standard InChI is InChI=1S/C12H21NO4/c1-15-8-9-17-11(14)13-10-2-3-12(10)4-6-16-7-5-12/h10H,2-9H2,1H3,(H,13,14). The molecule has 0 radical (unpaired) electrons. The van der Waals surface area contributed by atoms with Crippen molar-refractivity contribution in [3.8, 4) is 0 Å². The predicted molar refractivity (Wildman–Crippen MR) is 61.9 cm³/mol. The molecule has 98 valence electrons. The third kappa shape index (κ3) is 2.90. The average Bonchev–Trinajstić information content (AvgIpc) is 2.36. The van der Waals surface area contributed by atoms with Gasteiger partial charge in [0.1, 0.15) is 6.61 Å². The highest BCUT2D eigenvalue weighted by Crippen LogP contribution is 2.48. The van der Waals surface area contributed by atoms with E-state index in [0.717, 1.165) is 32.5 Å². The van der Waals surface area contributed by atoms with Crippen LogP contribution in [0, 0.1) is 5.41 Å². The Morgan fingerprint density at radius 1 is 1.35 bits per heavy atom. The SMILES string of the molecule is COCCOC(=O)NC1CCC12CCOCC2. The molecule has 2 aliphatic rings. The van der Waals surface area contributed by atoms with Crippen molar-refractivity contribution in [3.63, 3.8) is 0 Å². The first kappa shape index (κ1) is 12.6. The van der Waals surface area contributed by atoms with Crippen LogP contribution in [-0.2, 0) is 14.2 Å². The number of carbonyl (C=O) groups excluding carboxylic acids is 1. The summed E-state index contributed by atoms with van der Waals surface area (Å²) in [6.07, 6.45) is 4.03. The van der Waals surface area contributed by atoms with Crippen LogP contribution in [0.15, 0.2) is 0 Å². The van der Waals surface area contributed by atoms with Crippen LogP contribution in [0.5, 0.6) is 0 Å². The fourth-order valence-corrected chi connectivity index (χ4v) is 2.70.